The minimum atomic E-state index is -4.53. The van der Waals surface area contributed by atoms with Gasteiger partial charge in [0.2, 0.25) is 0 Å². The van der Waals surface area contributed by atoms with E-state index in [4.69, 9.17) is 16.3 Å². The molecule has 1 aliphatic carbocycles. The molecule has 0 saturated carbocycles. The highest BCUT2D eigenvalue weighted by molar-refractivity contribution is 7.90. The zero-order valence-electron chi connectivity index (χ0n) is 34.9. The number of benzene rings is 4. The number of nitrogens with one attached hydrogen (secondary N) is 3. The Kier molecular flexibility index (Phi) is 13.8. The Morgan fingerprint density at radius 2 is 1.60 bits per heavy atom. The van der Waals surface area contributed by atoms with Crippen molar-refractivity contribution < 1.29 is 22.9 Å². The number of halogens is 1. The summed E-state index contributed by atoms with van der Waals surface area (Å²) in [5, 5.41) is 16.7. The molecule has 4 aromatic carbocycles. The number of sulfonamides is 1. The van der Waals surface area contributed by atoms with Gasteiger partial charge in [0.15, 0.2) is 0 Å². The number of likely N-dealkylation sites (tertiary alicyclic amines) is 1. The van der Waals surface area contributed by atoms with Crippen LogP contribution in [-0.2, 0) is 10.0 Å². The number of allylic oxidation sites excluding steroid dienone is 1. The highest BCUT2D eigenvalue weighted by Gasteiger charge is 2.27. The van der Waals surface area contributed by atoms with Crippen LogP contribution in [0.1, 0.15) is 73.7 Å². The Labute approximate surface area is 368 Å². The fourth-order valence-corrected chi connectivity index (χ4v) is 10.0. The molecule has 62 heavy (non-hydrogen) atoms. The highest BCUT2D eigenvalue weighted by Crippen LogP contribution is 2.36. The number of aromatic amines is 1. The van der Waals surface area contributed by atoms with E-state index in [1.165, 1.54) is 67.4 Å². The molecule has 0 spiro atoms. The first-order valence-corrected chi connectivity index (χ1v) is 23.6. The van der Waals surface area contributed by atoms with Gasteiger partial charge in [-0.2, -0.15) is 0 Å². The summed E-state index contributed by atoms with van der Waals surface area (Å²) in [7, 11) is -4.53. The van der Waals surface area contributed by atoms with E-state index in [1.807, 2.05) is 36.4 Å². The summed E-state index contributed by atoms with van der Waals surface area (Å²) < 4.78 is 36.1. The fraction of sp³-hybridized carbons (Fsp3) is 0.383. The van der Waals surface area contributed by atoms with Gasteiger partial charge in [-0.05, 0) is 130 Å². The van der Waals surface area contributed by atoms with Crippen molar-refractivity contribution in [2.45, 2.75) is 62.7 Å². The summed E-state index contributed by atoms with van der Waals surface area (Å²) in [6, 6.07) is 24.5. The number of nitrogens with zero attached hydrogens (tertiary/aromatic N) is 4. The second-order valence-corrected chi connectivity index (χ2v) is 18.6. The number of hydrogen-bond acceptors (Lipinski definition) is 10. The van der Waals surface area contributed by atoms with Gasteiger partial charge in [-0.3, -0.25) is 19.8 Å². The zero-order chi connectivity index (χ0) is 43.1. The first-order valence-electron chi connectivity index (χ1n) is 21.8. The van der Waals surface area contributed by atoms with Crippen molar-refractivity contribution in [1.29, 1.82) is 0 Å². The first kappa shape index (κ1) is 43.2. The minimum absolute atomic E-state index is 0.000219. The van der Waals surface area contributed by atoms with E-state index in [0.717, 1.165) is 99.3 Å². The molecule has 326 valence electrons. The summed E-state index contributed by atoms with van der Waals surface area (Å²) in [5.41, 5.74) is 5.72. The molecular weight excluding hydrogens is 826 g/mol. The molecule has 8 rings (SSSR count). The number of hydrogen-bond donors (Lipinski definition) is 3. The molecule has 1 amide bonds. The number of ether oxygens (including phenoxy) is 1. The number of aromatic nitrogens is 1. The number of H-pyrrole nitrogens is 1. The van der Waals surface area contributed by atoms with Gasteiger partial charge < -0.3 is 24.8 Å². The second-order valence-electron chi connectivity index (χ2n) is 16.4. The molecule has 2 saturated heterocycles. The van der Waals surface area contributed by atoms with Crippen LogP contribution in [0.3, 0.4) is 0 Å². The Bertz CT molecular complexity index is 2530. The maximum absolute atomic E-state index is 14.0. The van der Waals surface area contributed by atoms with E-state index in [9.17, 15) is 23.3 Å². The summed E-state index contributed by atoms with van der Waals surface area (Å²) in [6.45, 7) is 7.59. The molecule has 0 radical (unpaired) electrons. The minimum Gasteiger partial charge on any atom is -0.456 e. The standard InChI is InChI=1S/C47H54ClN7O6S/c48-36-15-13-34(14-16-36)39-10-4-2-1-3-9-35(39)33-53-27-29-54(30-28-53)37-17-19-41(46(31-37)61-45-12-7-11-42-40(45)21-23-50-42)47(56)51-62(59,60)38-18-20-43(44(32-38)55(57)58)49-22-8-26-52-24-5-6-25-52/h7,11-21,23,31-32,49-50H,1-6,8-10,22,24-30,33H2,(H,51,56)/b39-35-. The van der Waals surface area contributed by atoms with Gasteiger partial charge in [0.1, 0.15) is 17.2 Å². The molecule has 0 atom stereocenters. The third-order valence-corrected chi connectivity index (χ3v) is 13.9. The topological polar surface area (TPSA) is 153 Å². The Balaban J connectivity index is 0.993. The van der Waals surface area contributed by atoms with Crippen molar-refractivity contribution in [2.24, 2.45) is 0 Å². The molecule has 3 aliphatic rings. The highest BCUT2D eigenvalue weighted by atomic mass is 35.5. The maximum atomic E-state index is 14.0. The van der Waals surface area contributed by atoms with Crippen molar-refractivity contribution in [1.82, 2.24) is 19.5 Å². The molecule has 2 fully saturated rings. The number of nitro groups is 1. The van der Waals surface area contributed by atoms with Gasteiger partial charge in [0.05, 0.1) is 15.4 Å². The Morgan fingerprint density at radius 1 is 0.823 bits per heavy atom. The van der Waals surface area contributed by atoms with Gasteiger partial charge in [0.25, 0.3) is 21.6 Å². The van der Waals surface area contributed by atoms with Gasteiger partial charge >= 0.3 is 0 Å². The van der Waals surface area contributed by atoms with Crippen molar-refractivity contribution in [3.8, 4) is 11.5 Å². The van der Waals surface area contributed by atoms with Crippen LogP contribution in [0.5, 0.6) is 11.5 Å². The first-order chi connectivity index (χ1) is 30.1. The summed E-state index contributed by atoms with van der Waals surface area (Å²) in [4.78, 5) is 35.4. The smallest absolute Gasteiger partial charge is 0.293 e. The number of fused-ring (bicyclic) bond motifs is 1. The third-order valence-electron chi connectivity index (χ3n) is 12.3. The lowest BCUT2D eigenvalue weighted by Crippen LogP contribution is -2.47. The van der Waals surface area contributed by atoms with Crippen LogP contribution in [0.4, 0.5) is 17.1 Å². The third kappa shape index (κ3) is 10.4. The van der Waals surface area contributed by atoms with Gasteiger partial charge in [-0.25, -0.2) is 13.1 Å². The van der Waals surface area contributed by atoms with E-state index in [-0.39, 0.29) is 17.0 Å². The molecular formula is C47H54ClN7O6S. The number of carbonyl (C=O) groups is 1. The average Bonchev–Trinajstić information content (AvgIpc) is 3.98. The van der Waals surface area contributed by atoms with Crippen molar-refractivity contribution in [3.05, 3.63) is 123 Å². The van der Waals surface area contributed by atoms with Crippen molar-refractivity contribution >= 4 is 61.1 Å². The predicted octanol–water partition coefficient (Wildman–Crippen LogP) is 9.47. The average molecular weight is 881 g/mol. The summed E-state index contributed by atoms with van der Waals surface area (Å²) in [5.74, 6) is -0.253. The summed E-state index contributed by atoms with van der Waals surface area (Å²) in [6.07, 6.45) is 12.0. The van der Waals surface area contributed by atoms with Crippen molar-refractivity contribution in [3.63, 3.8) is 0 Å². The quantitative estimate of drug-likeness (QED) is 0.0527. The number of piperazine rings is 1. The lowest BCUT2D eigenvalue weighted by Gasteiger charge is -2.37. The second kappa shape index (κ2) is 19.7. The van der Waals surface area contributed by atoms with Crippen LogP contribution in [0, 0.1) is 10.1 Å². The number of rotatable bonds is 15. The molecule has 1 aromatic heterocycles. The van der Waals surface area contributed by atoms with Gasteiger partial charge in [-0.1, -0.05) is 48.2 Å². The Hall–Kier alpha value is -5.41. The van der Waals surface area contributed by atoms with Crippen LogP contribution in [0.25, 0.3) is 16.5 Å². The number of amides is 1. The van der Waals surface area contributed by atoms with E-state index in [0.29, 0.717) is 12.3 Å². The number of anilines is 2. The maximum Gasteiger partial charge on any atom is 0.293 e. The molecule has 3 heterocycles. The molecule has 5 aromatic rings. The van der Waals surface area contributed by atoms with Crippen molar-refractivity contribution in [2.75, 3.05) is 69.1 Å². The number of carbonyl (C=O) groups excluding carboxylic acids is 1. The zero-order valence-corrected chi connectivity index (χ0v) is 36.5. The molecule has 3 N–H and O–H groups in total. The van der Waals surface area contributed by atoms with Gasteiger partial charge in [-0.15, -0.1) is 0 Å². The lowest BCUT2D eigenvalue weighted by atomic mass is 9.88. The molecule has 0 unspecified atom stereocenters. The van der Waals surface area contributed by atoms with Crippen LogP contribution in [0.2, 0.25) is 5.02 Å². The van der Waals surface area contributed by atoms with Gasteiger partial charge in [0, 0.05) is 79.2 Å². The molecule has 2 aliphatic heterocycles. The van der Waals surface area contributed by atoms with Crippen LogP contribution >= 0.6 is 11.6 Å². The normalized spacial score (nSPS) is 18.0. The lowest BCUT2D eigenvalue weighted by molar-refractivity contribution is -0.384. The molecule has 13 nitrogen and oxygen atoms in total. The monoisotopic (exact) mass is 879 g/mol. The van der Waals surface area contributed by atoms with E-state index in [2.05, 4.69) is 41.9 Å². The molecule has 15 heteroatoms. The predicted molar refractivity (Wildman–Crippen MR) is 246 cm³/mol. The molecule has 0 bridgehead atoms. The van der Waals surface area contributed by atoms with Crippen LogP contribution in [0.15, 0.2) is 102 Å². The fourth-order valence-electron chi connectivity index (χ4n) is 8.92. The van der Waals surface area contributed by atoms with Crippen LogP contribution in [-0.4, -0.2) is 92.9 Å². The number of nitro benzene ring substituents is 1. The SMILES string of the molecule is O=C(NS(=O)(=O)c1ccc(NCCCN2CCCC2)c([N+](=O)[O-])c1)c1ccc(N2CCN(C/C3=C(\c4ccc(Cl)cc4)CCCCCC3)CC2)cc1Oc1cccc2[nH]ccc12. The van der Waals surface area contributed by atoms with Crippen LogP contribution < -0.4 is 19.7 Å². The Morgan fingerprint density at radius 3 is 2.37 bits per heavy atom. The van der Waals surface area contributed by atoms with E-state index >= 15 is 0 Å². The van der Waals surface area contributed by atoms with E-state index in [1.54, 1.807) is 24.4 Å². The largest absolute Gasteiger partial charge is 0.456 e. The summed E-state index contributed by atoms with van der Waals surface area (Å²) >= 11 is 6.25. The van der Waals surface area contributed by atoms with E-state index < -0.39 is 31.4 Å².